The van der Waals surface area contributed by atoms with Gasteiger partial charge in [0.2, 0.25) is 0 Å². The number of guanidine groups is 1. The lowest BCUT2D eigenvalue weighted by atomic mass is 9.96. The average molecular weight is 426 g/mol. The molecule has 2 atom stereocenters. The fourth-order valence-corrected chi connectivity index (χ4v) is 4.80. The van der Waals surface area contributed by atoms with Crippen molar-refractivity contribution in [3.8, 4) is 0 Å². The van der Waals surface area contributed by atoms with E-state index in [1.807, 2.05) is 18.5 Å². The molecule has 2 aliphatic rings. The average Bonchev–Trinajstić information content (AvgIpc) is 3.21. The molecule has 2 unspecified atom stereocenters. The van der Waals surface area contributed by atoms with Gasteiger partial charge in [0, 0.05) is 45.4 Å². The third-order valence-electron chi connectivity index (χ3n) is 6.59. The van der Waals surface area contributed by atoms with Crippen LogP contribution < -0.4 is 10.6 Å². The van der Waals surface area contributed by atoms with Crippen molar-refractivity contribution in [2.75, 3.05) is 20.3 Å². The van der Waals surface area contributed by atoms with Gasteiger partial charge in [0.15, 0.2) is 11.8 Å². The van der Waals surface area contributed by atoms with Crippen molar-refractivity contribution in [1.82, 2.24) is 30.3 Å². The van der Waals surface area contributed by atoms with E-state index in [0.717, 1.165) is 43.5 Å². The van der Waals surface area contributed by atoms with Crippen LogP contribution in [0.4, 0.5) is 0 Å². The van der Waals surface area contributed by atoms with Crippen molar-refractivity contribution in [2.24, 2.45) is 12.0 Å². The first-order valence-electron chi connectivity index (χ1n) is 11.3. The van der Waals surface area contributed by atoms with Gasteiger partial charge in [-0.25, -0.2) is 4.99 Å². The van der Waals surface area contributed by atoms with E-state index in [0.29, 0.717) is 31.3 Å². The zero-order chi connectivity index (χ0) is 21.6. The number of benzene rings is 1. The van der Waals surface area contributed by atoms with E-state index in [4.69, 9.17) is 9.73 Å². The molecule has 2 saturated heterocycles. The minimum atomic E-state index is 0.430. The second kappa shape index (κ2) is 10.2. The number of fused-ring (bicyclic) bond motifs is 2. The van der Waals surface area contributed by atoms with E-state index in [1.165, 1.54) is 18.4 Å². The molecule has 2 aliphatic heterocycles. The van der Waals surface area contributed by atoms with Gasteiger partial charge in [-0.1, -0.05) is 30.3 Å². The highest BCUT2D eigenvalue weighted by Crippen LogP contribution is 2.36. The largest absolute Gasteiger partial charge is 0.383 e. The van der Waals surface area contributed by atoms with Crippen LogP contribution in [0.5, 0.6) is 0 Å². The van der Waals surface area contributed by atoms with Crippen LogP contribution >= 0.6 is 0 Å². The predicted octanol–water partition coefficient (Wildman–Crippen LogP) is 2.00. The van der Waals surface area contributed by atoms with Gasteiger partial charge in [-0.05, 0) is 38.2 Å². The normalized spacial score (nSPS) is 23.8. The summed E-state index contributed by atoms with van der Waals surface area (Å²) in [4.78, 5) is 7.51. The van der Waals surface area contributed by atoms with Gasteiger partial charge in [0.25, 0.3) is 0 Å². The Balaban J connectivity index is 1.38. The van der Waals surface area contributed by atoms with Crippen LogP contribution in [0.15, 0.2) is 35.3 Å². The third kappa shape index (κ3) is 5.43. The lowest BCUT2D eigenvalue weighted by Gasteiger charge is -2.39. The molecule has 1 aromatic carbocycles. The van der Waals surface area contributed by atoms with Crippen LogP contribution in [-0.2, 0) is 24.9 Å². The number of nitrogens with one attached hydrogen (secondary N) is 2. The molecule has 2 aromatic rings. The number of rotatable bonds is 8. The molecule has 0 radical (unpaired) electrons. The molecule has 1 aromatic heterocycles. The number of hydrogen-bond donors (Lipinski definition) is 2. The quantitative estimate of drug-likeness (QED) is 0.383. The smallest absolute Gasteiger partial charge is 0.192 e. The van der Waals surface area contributed by atoms with E-state index in [1.54, 1.807) is 7.11 Å². The van der Waals surface area contributed by atoms with Crippen molar-refractivity contribution in [3.63, 3.8) is 0 Å². The Kier molecular flexibility index (Phi) is 7.19. The minimum Gasteiger partial charge on any atom is -0.383 e. The predicted molar refractivity (Wildman–Crippen MR) is 122 cm³/mol. The maximum atomic E-state index is 5.20. The molecule has 2 bridgehead atoms. The summed E-state index contributed by atoms with van der Waals surface area (Å²) in [6, 6.07) is 12.5. The van der Waals surface area contributed by atoms with Gasteiger partial charge in [-0.15, -0.1) is 10.2 Å². The molecule has 0 aliphatic carbocycles. The van der Waals surface area contributed by atoms with E-state index in [-0.39, 0.29) is 0 Å². The zero-order valence-corrected chi connectivity index (χ0v) is 18.9. The van der Waals surface area contributed by atoms with Gasteiger partial charge in [-0.3, -0.25) is 4.90 Å². The first-order valence-corrected chi connectivity index (χ1v) is 11.3. The summed E-state index contributed by atoms with van der Waals surface area (Å²) in [6.07, 6.45) is 4.88. The number of methoxy groups -OCH3 is 1. The van der Waals surface area contributed by atoms with E-state index in [9.17, 15) is 0 Å². The number of hydrogen-bond acceptors (Lipinski definition) is 5. The number of aliphatic imine (C=N–C) groups is 1. The monoisotopic (exact) mass is 425 g/mol. The summed E-state index contributed by atoms with van der Waals surface area (Å²) in [7, 11) is 3.69. The fourth-order valence-electron chi connectivity index (χ4n) is 4.80. The Labute approximate surface area is 185 Å². The topological polar surface area (TPSA) is 79.6 Å². The summed E-state index contributed by atoms with van der Waals surface area (Å²) in [5.41, 5.74) is 1.41. The van der Waals surface area contributed by atoms with Crippen molar-refractivity contribution >= 4 is 5.96 Å². The van der Waals surface area contributed by atoms with Gasteiger partial charge < -0.3 is 19.9 Å². The second-order valence-corrected chi connectivity index (χ2v) is 8.66. The molecule has 168 valence electrons. The standard InChI is InChI=1S/C23H35N7O/c1-17-27-28-22(29(17)2)15-25-23(24-11-12-31-3)26-19-13-20-9-10-21(14-19)30(20)16-18-7-5-4-6-8-18/h4-8,19-21H,9-16H2,1-3H3,(H2,24,25,26). The molecule has 0 spiro atoms. The molecule has 4 rings (SSSR count). The van der Waals surface area contributed by atoms with Gasteiger partial charge in [-0.2, -0.15) is 0 Å². The van der Waals surface area contributed by atoms with Crippen molar-refractivity contribution < 1.29 is 4.74 Å². The van der Waals surface area contributed by atoms with E-state index >= 15 is 0 Å². The zero-order valence-electron chi connectivity index (χ0n) is 18.9. The highest BCUT2D eigenvalue weighted by atomic mass is 16.5. The Hall–Kier alpha value is -2.45. The summed E-state index contributed by atoms with van der Waals surface area (Å²) in [6.45, 7) is 4.88. The van der Waals surface area contributed by atoms with Crippen molar-refractivity contribution in [3.05, 3.63) is 47.5 Å². The Morgan fingerprint density at radius 3 is 2.55 bits per heavy atom. The summed E-state index contributed by atoms with van der Waals surface area (Å²) >= 11 is 0. The molecule has 31 heavy (non-hydrogen) atoms. The van der Waals surface area contributed by atoms with Crippen LogP contribution in [0.1, 0.15) is 42.9 Å². The van der Waals surface area contributed by atoms with Gasteiger partial charge in [0.1, 0.15) is 12.4 Å². The number of ether oxygens (including phenoxy) is 1. The van der Waals surface area contributed by atoms with Crippen LogP contribution in [-0.4, -0.2) is 64.0 Å². The van der Waals surface area contributed by atoms with Crippen molar-refractivity contribution in [1.29, 1.82) is 0 Å². The van der Waals surface area contributed by atoms with E-state index in [2.05, 4.69) is 56.1 Å². The molecule has 8 heteroatoms. The molecule has 3 heterocycles. The van der Waals surface area contributed by atoms with Crippen LogP contribution in [0, 0.1) is 6.92 Å². The highest BCUT2D eigenvalue weighted by Gasteiger charge is 2.40. The Morgan fingerprint density at radius 2 is 1.90 bits per heavy atom. The van der Waals surface area contributed by atoms with Crippen LogP contribution in [0.25, 0.3) is 0 Å². The molecular weight excluding hydrogens is 390 g/mol. The van der Waals surface area contributed by atoms with Gasteiger partial charge in [0.05, 0.1) is 6.61 Å². The fraction of sp³-hybridized carbons (Fsp3) is 0.609. The molecular formula is C23H35N7O. The summed E-state index contributed by atoms with van der Waals surface area (Å²) in [5.74, 6) is 2.59. The maximum absolute atomic E-state index is 5.20. The molecule has 2 fully saturated rings. The lowest BCUT2D eigenvalue weighted by Crippen LogP contribution is -2.52. The minimum absolute atomic E-state index is 0.430. The molecule has 0 amide bonds. The molecule has 0 saturated carbocycles. The number of aryl methyl sites for hydroxylation is 1. The third-order valence-corrected chi connectivity index (χ3v) is 6.59. The highest BCUT2D eigenvalue weighted by molar-refractivity contribution is 5.80. The number of aromatic nitrogens is 3. The first-order chi connectivity index (χ1) is 15.1. The molecule has 8 nitrogen and oxygen atoms in total. The summed E-state index contributed by atoms with van der Waals surface area (Å²) < 4.78 is 7.19. The van der Waals surface area contributed by atoms with Crippen LogP contribution in [0.3, 0.4) is 0 Å². The second-order valence-electron chi connectivity index (χ2n) is 8.66. The SMILES string of the molecule is COCCNC(=NCc1nnc(C)n1C)NC1CC2CCC(C1)N2Cc1ccccc1. The number of piperidine rings is 1. The lowest BCUT2D eigenvalue weighted by molar-refractivity contribution is 0.114. The van der Waals surface area contributed by atoms with Gasteiger partial charge >= 0.3 is 0 Å². The Bertz CT molecular complexity index is 852. The maximum Gasteiger partial charge on any atom is 0.192 e. The van der Waals surface area contributed by atoms with Crippen molar-refractivity contribution in [2.45, 2.75) is 63.8 Å². The van der Waals surface area contributed by atoms with Crippen LogP contribution in [0.2, 0.25) is 0 Å². The number of nitrogens with zero attached hydrogens (tertiary/aromatic N) is 5. The first kappa shape index (κ1) is 21.8. The Morgan fingerprint density at radius 1 is 1.16 bits per heavy atom. The molecule has 2 N–H and O–H groups in total. The van der Waals surface area contributed by atoms with E-state index < -0.39 is 0 Å². The summed E-state index contributed by atoms with van der Waals surface area (Å²) in [5, 5.41) is 15.5.